The molecule has 0 aliphatic rings. The van der Waals surface area contributed by atoms with Crippen molar-refractivity contribution >= 4 is 29.3 Å². The molecule has 0 unspecified atom stereocenters. The van der Waals surface area contributed by atoms with Gasteiger partial charge in [-0.25, -0.2) is 0 Å². The van der Waals surface area contributed by atoms with Crippen LogP contribution in [0.25, 0.3) is 0 Å². The summed E-state index contributed by atoms with van der Waals surface area (Å²) in [5, 5.41) is 13.0. The van der Waals surface area contributed by atoms with E-state index in [1.54, 1.807) is 6.08 Å². The van der Waals surface area contributed by atoms with Crippen LogP contribution in [-0.2, 0) is 24.2 Å². The zero-order valence-corrected chi connectivity index (χ0v) is 17.6. The Hall–Kier alpha value is -2.57. The molecule has 0 atom stereocenters. The lowest BCUT2D eigenvalue weighted by Gasteiger charge is -2.08. The van der Waals surface area contributed by atoms with Gasteiger partial charge < -0.3 is 9.88 Å². The van der Waals surface area contributed by atoms with Crippen LogP contribution >= 0.6 is 23.4 Å². The van der Waals surface area contributed by atoms with Crippen LogP contribution in [0.3, 0.4) is 0 Å². The molecule has 0 aliphatic carbocycles. The van der Waals surface area contributed by atoms with Gasteiger partial charge in [0.05, 0.1) is 5.75 Å². The summed E-state index contributed by atoms with van der Waals surface area (Å²) in [6.07, 6.45) is 3.26. The molecule has 0 spiro atoms. The Labute approximate surface area is 180 Å². The highest BCUT2D eigenvalue weighted by Gasteiger charge is 2.14. The Morgan fingerprint density at radius 1 is 1.10 bits per heavy atom. The Morgan fingerprint density at radius 3 is 2.59 bits per heavy atom. The fourth-order valence-corrected chi connectivity index (χ4v) is 3.75. The van der Waals surface area contributed by atoms with Crippen molar-refractivity contribution in [3.63, 3.8) is 0 Å². The van der Waals surface area contributed by atoms with Crippen molar-refractivity contribution in [2.24, 2.45) is 0 Å². The van der Waals surface area contributed by atoms with Crippen molar-refractivity contribution in [2.45, 2.75) is 24.5 Å². The summed E-state index contributed by atoms with van der Waals surface area (Å²) < 4.78 is 1.99. The van der Waals surface area contributed by atoms with E-state index in [2.05, 4.69) is 34.2 Å². The summed E-state index contributed by atoms with van der Waals surface area (Å²) in [4.78, 5) is 12.2. The molecule has 7 heteroatoms. The Kier molecular flexibility index (Phi) is 7.90. The van der Waals surface area contributed by atoms with Crippen LogP contribution in [0.5, 0.6) is 0 Å². The van der Waals surface area contributed by atoms with Crippen LogP contribution in [0.15, 0.2) is 72.4 Å². The average Bonchev–Trinajstić information content (AvgIpc) is 3.11. The van der Waals surface area contributed by atoms with Gasteiger partial charge in [-0.2, -0.15) is 0 Å². The predicted octanol–water partition coefficient (Wildman–Crippen LogP) is 4.16. The standard InChI is InChI=1S/C22H23ClN4OS/c1-2-14-27-20(15-18-8-10-19(23)11-9-18)25-26-22(27)29-16-21(28)24-13-12-17-6-4-3-5-7-17/h2-11H,1,12-16H2,(H,24,28). The fourth-order valence-electron chi connectivity index (χ4n) is 2.83. The third kappa shape index (κ3) is 6.48. The van der Waals surface area contributed by atoms with Crippen molar-refractivity contribution in [2.75, 3.05) is 12.3 Å². The maximum atomic E-state index is 12.2. The van der Waals surface area contributed by atoms with Gasteiger partial charge in [-0.3, -0.25) is 4.79 Å². The number of carbonyl (C=O) groups excluding carboxylic acids is 1. The maximum Gasteiger partial charge on any atom is 0.230 e. The molecule has 5 nitrogen and oxygen atoms in total. The monoisotopic (exact) mass is 426 g/mol. The Balaban J connectivity index is 1.54. The largest absolute Gasteiger partial charge is 0.355 e. The van der Waals surface area contributed by atoms with Gasteiger partial charge in [0.2, 0.25) is 5.91 Å². The van der Waals surface area contributed by atoms with Crippen molar-refractivity contribution in [1.82, 2.24) is 20.1 Å². The second-order valence-corrected chi connectivity index (χ2v) is 7.85. The molecule has 1 aromatic heterocycles. The zero-order chi connectivity index (χ0) is 20.5. The van der Waals surface area contributed by atoms with Gasteiger partial charge in [-0.1, -0.05) is 71.9 Å². The fraction of sp³-hybridized carbons (Fsp3) is 0.227. The number of halogens is 1. The molecule has 1 heterocycles. The van der Waals surface area contributed by atoms with E-state index in [4.69, 9.17) is 11.6 Å². The van der Waals surface area contributed by atoms with E-state index in [1.165, 1.54) is 17.3 Å². The molecule has 1 amide bonds. The summed E-state index contributed by atoms with van der Waals surface area (Å²) in [5.74, 6) is 1.11. The lowest BCUT2D eigenvalue weighted by Crippen LogP contribution is -2.27. The van der Waals surface area contributed by atoms with Crippen LogP contribution in [0.1, 0.15) is 17.0 Å². The number of amides is 1. The first-order chi connectivity index (χ1) is 14.2. The highest BCUT2D eigenvalue weighted by molar-refractivity contribution is 7.99. The van der Waals surface area contributed by atoms with E-state index in [1.807, 2.05) is 47.0 Å². The first-order valence-electron chi connectivity index (χ1n) is 9.36. The lowest BCUT2D eigenvalue weighted by atomic mass is 10.1. The highest BCUT2D eigenvalue weighted by Crippen LogP contribution is 2.19. The quantitative estimate of drug-likeness (QED) is 0.390. The number of nitrogens with one attached hydrogen (secondary N) is 1. The van der Waals surface area contributed by atoms with E-state index in [-0.39, 0.29) is 5.91 Å². The molecule has 150 valence electrons. The van der Waals surface area contributed by atoms with Crippen LogP contribution < -0.4 is 5.32 Å². The Morgan fingerprint density at radius 2 is 1.86 bits per heavy atom. The maximum absolute atomic E-state index is 12.2. The van der Waals surface area contributed by atoms with Gasteiger partial charge in [-0.05, 0) is 29.7 Å². The third-order valence-corrected chi connectivity index (χ3v) is 5.51. The molecule has 0 aliphatic heterocycles. The van der Waals surface area contributed by atoms with Gasteiger partial charge in [0, 0.05) is 24.5 Å². The second kappa shape index (κ2) is 10.8. The van der Waals surface area contributed by atoms with Crippen molar-refractivity contribution in [3.05, 3.63) is 89.2 Å². The van der Waals surface area contributed by atoms with Crippen LogP contribution in [0, 0.1) is 0 Å². The van der Waals surface area contributed by atoms with Crippen molar-refractivity contribution in [1.29, 1.82) is 0 Å². The Bertz CT molecular complexity index is 941. The topological polar surface area (TPSA) is 59.8 Å². The molecule has 3 aromatic rings. The normalized spacial score (nSPS) is 10.7. The number of allylic oxidation sites excluding steroid dienone is 1. The molecule has 29 heavy (non-hydrogen) atoms. The minimum Gasteiger partial charge on any atom is -0.355 e. The van der Waals surface area contributed by atoms with E-state index >= 15 is 0 Å². The molecule has 2 aromatic carbocycles. The van der Waals surface area contributed by atoms with Gasteiger partial charge >= 0.3 is 0 Å². The summed E-state index contributed by atoms with van der Waals surface area (Å²) in [7, 11) is 0. The molecule has 0 fully saturated rings. The van der Waals surface area contributed by atoms with Gasteiger partial charge in [-0.15, -0.1) is 16.8 Å². The first kappa shape index (κ1) is 21.1. The summed E-state index contributed by atoms with van der Waals surface area (Å²) >= 11 is 7.34. The smallest absolute Gasteiger partial charge is 0.230 e. The number of rotatable bonds is 10. The number of benzene rings is 2. The molecular weight excluding hydrogens is 404 g/mol. The molecule has 0 saturated carbocycles. The molecule has 0 bridgehead atoms. The average molecular weight is 427 g/mol. The molecule has 1 N–H and O–H groups in total. The SMILES string of the molecule is C=CCn1c(Cc2ccc(Cl)cc2)nnc1SCC(=O)NCCc1ccccc1. The van der Waals surface area contributed by atoms with Gasteiger partial charge in [0.1, 0.15) is 5.82 Å². The number of hydrogen-bond donors (Lipinski definition) is 1. The van der Waals surface area contributed by atoms with Gasteiger partial charge in [0.25, 0.3) is 0 Å². The number of aromatic nitrogens is 3. The number of nitrogens with zero attached hydrogens (tertiary/aromatic N) is 3. The molecule has 0 saturated heterocycles. The third-order valence-electron chi connectivity index (χ3n) is 4.29. The van der Waals surface area contributed by atoms with Crippen molar-refractivity contribution < 1.29 is 4.79 Å². The molecule has 0 radical (unpaired) electrons. The highest BCUT2D eigenvalue weighted by atomic mass is 35.5. The first-order valence-corrected chi connectivity index (χ1v) is 10.7. The molecular formula is C22H23ClN4OS. The van der Waals surface area contributed by atoms with Crippen molar-refractivity contribution in [3.8, 4) is 0 Å². The van der Waals surface area contributed by atoms with Gasteiger partial charge in [0.15, 0.2) is 5.16 Å². The summed E-state index contributed by atoms with van der Waals surface area (Å²) in [5.41, 5.74) is 2.31. The van der Waals surface area contributed by atoms with E-state index in [9.17, 15) is 4.79 Å². The van der Waals surface area contributed by atoms with E-state index < -0.39 is 0 Å². The van der Waals surface area contributed by atoms with E-state index in [0.29, 0.717) is 35.4 Å². The number of hydrogen-bond acceptors (Lipinski definition) is 4. The van der Waals surface area contributed by atoms with Crippen LogP contribution in [0.2, 0.25) is 5.02 Å². The second-order valence-electron chi connectivity index (χ2n) is 6.48. The van der Waals surface area contributed by atoms with Crippen LogP contribution in [0.4, 0.5) is 0 Å². The van der Waals surface area contributed by atoms with Crippen LogP contribution in [-0.4, -0.2) is 33.0 Å². The minimum atomic E-state index is -0.0154. The lowest BCUT2D eigenvalue weighted by molar-refractivity contribution is -0.118. The number of carbonyl (C=O) groups is 1. The summed E-state index contributed by atoms with van der Waals surface area (Å²) in [6, 6.07) is 17.8. The predicted molar refractivity (Wildman–Crippen MR) is 118 cm³/mol. The molecule has 3 rings (SSSR count). The summed E-state index contributed by atoms with van der Waals surface area (Å²) in [6.45, 7) is 5.03. The van der Waals surface area contributed by atoms with E-state index in [0.717, 1.165) is 17.8 Å². The zero-order valence-electron chi connectivity index (χ0n) is 16.1. The number of thioether (sulfide) groups is 1. The minimum absolute atomic E-state index is 0.0154.